The molecule has 0 spiro atoms. The van der Waals surface area contributed by atoms with Crippen LogP contribution in [0.3, 0.4) is 0 Å². The molecule has 8 nitrogen and oxygen atoms in total. The van der Waals surface area contributed by atoms with E-state index in [1.165, 1.54) is 41.9 Å². The molecule has 3 rings (SSSR count). The summed E-state index contributed by atoms with van der Waals surface area (Å²) < 4.78 is 31.8. The van der Waals surface area contributed by atoms with Crippen LogP contribution in [-0.2, 0) is 10.0 Å². The van der Waals surface area contributed by atoms with Gasteiger partial charge in [-0.2, -0.15) is 4.31 Å². The van der Waals surface area contributed by atoms with Crippen molar-refractivity contribution < 1.29 is 23.1 Å². The monoisotopic (exact) mass is 377 g/mol. The molecule has 0 atom stereocenters. The van der Waals surface area contributed by atoms with E-state index in [0.29, 0.717) is 13.1 Å². The Balaban J connectivity index is 1.90. The number of carbonyl (C=O) groups excluding carboxylic acids is 1. The molecule has 9 heteroatoms. The smallest absolute Gasteiger partial charge is 0.261 e. The quantitative estimate of drug-likeness (QED) is 0.770. The zero-order chi connectivity index (χ0) is 18.7. The van der Waals surface area contributed by atoms with Gasteiger partial charge >= 0.3 is 0 Å². The van der Waals surface area contributed by atoms with Crippen LogP contribution in [0.4, 0.5) is 5.69 Å². The molecule has 138 valence electrons. The SMILES string of the molecule is COc1ncccc1C(=O)Nc1cc(S(=O)(=O)N2CCCC2)ccc1O. The normalized spacial score (nSPS) is 15.0. The van der Waals surface area contributed by atoms with Crippen molar-refractivity contribution in [2.45, 2.75) is 17.7 Å². The molecule has 1 aromatic carbocycles. The van der Waals surface area contributed by atoms with Crippen molar-refractivity contribution in [3.63, 3.8) is 0 Å². The summed E-state index contributed by atoms with van der Waals surface area (Å²) in [5, 5.41) is 12.5. The third kappa shape index (κ3) is 3.49. The van der Waals surface area contributed by atoms with Gasteiger partial charge in [0.05, 0.1) is 17.7 Å². The lowest BCUT2D eigenvalue weighted by atomic mass is 10.2. The molecule has 1 amide bonds. The van der Waals surface area contributed by atoms with E-state index in [9.17, 15) is 18.3 Å². The Morgan fingerprint density at radius 2 is 2.00 bits per heavy atom. The maximum atomic E-state index is 12.7. The van der Waals surface area contributed by atoms with Gasteiger partial charge in [-0.05, 0) is 43.2 Å². The van der Waals surface area contributed by atoms with Gasteiger partial charge in [0.25, 0.3) is 5.91 Å². The molecule has 1 aromatic heterocycles. The van der Waals surface area contributed by atoms with Crippen LogP contribution in [0, 0.1) is 0 Å². The number of anilines is 1. The van der Waals surface area contributed by atoms with Crippen molar-refractivity contribution in [2.75, 3.05) is 25.5 Å². The third-order valence-corrected chi connectivity index (χ3v) is 6.02. The van der Waals surface area contributed by atoms with Crippen LogP contribution >= 0.6 is 0 Å². The Morgan fingerprint density at radius 1 is 1.27 bits per heavy atom. The maximum Gasteiger partial charge on any atom is 0.261 e. The lowest BCUT2D eigenvalue weighted by molar-refractivity contribution is 0.102. The minimum absolute atomic E-state index is 0.00109. The number of nitrogens with zero attached hydrogens (tertiary/aromatic N) is 2. The number of phenols is 1. The molecule has 1 aliphatic rings. The maximum absolute atomic E-state index is 12.7. The van der Waals surface area contributed by atoms with Gasteiger partial charge in [0.2, 0.25) is 15.9 Å². The minimum atomic E-state index is -3.66. The number of phenolic OH excluding ortho intramolecular Hbond substituents is 1. The molecule has 1 aliphatic heterocycles. The van der Waals surface area contributed by atoms with E-state index < -0.39 is 15.9 Å². The predicted octanol–water partition coefficient (Wildman–Crippen LogP) is 1.83. The highest BCUT2D eigenvalue weighted by Gasteiger charge is 2.28. The van der Waals surface area contributed by atoms with Crippen molar-refractivity contribution in [3.05, 3.63) is 42.1 Å². The second-order valence-corrected chi connectivity index (χ2v) is 7.74. The first-order chi connectivity index (χ1) is 12.4. The number of amides is 1. The van der Waals surface area contributed by atoms with Gasteiger partial charge in [0.1, 0.15) is 11.3 Å². The molecule has 0 radical (unpaired) electrons. The number of carbonyl (C=O) groups is 1. The van der Waals surface area contributed by atoms with Crippen molar-refractivity contribution in [1.82, 2.24) is 9.29 Å². The second-order valence-electron chi connectivity index (χ2n) is 5.80. The van der Waals surface area contributed by atoms with Gasteiger partial charge in [-0.15, -0.1) is 0 Å². The number of hydrogen-bond donors (Lipinski definition) is 2. The third-order valence-electron chi connectivity index (χ3n) is 4.13. The molecule has 0 bridgehead atoms. The molecule has 0 unspecified atom stereocenters. The first-order valence-electron chi connectivity index (χ1n) is 8.07. The molecular weight excluding hydrogens is 358 g/mol. The van der Waals surface area contributed by atoms with E-state index in [2.05, 4.69) is 10.3 Å². The fourth-order valence-corrected chi connectivity index (χ4v) is 4.31. The van der Waals surface area contributed by atoms with Crippen LogP contribution in [0.1, 0.15) is 23.2 Å². The molecule has 2 heterocycles. The number of nitrogens with one attached hydrogen (secondary N) is 1. The lowest BCUT2D eigenvalue weighted by Gasteiger charge is -2.17. The second kappa shape index (κ2) is 7.30. The summed E-state index contributed by atoms with van der Waals surface area (Å²) in [6.07, 6.45) is 3.12. The zero-order valence-corrected chi connectivity index (χ0v) is 15.0. The minimum Gasteiger partial charge on any atom is -0.506 e. The molecule has 1 saturated heterocycles. The lowest BCUT2D eigenvalue weighted by Crippen LogP contribution is -2.28. The first-order valence-corrected chi connectivity index (χ1v) is 9.51. The molecule has 2 N–H and O–H groups in total. The van der Waals surface area contributed by atoms with Crippen LogP contribution in [0.5, 0.6) is 11.6 Å². The van der Waals surface area contributed by atoms with E-state index in [1.54, 1.807) is 6.07 Å². The Bertz CT molecular complexity index is 924. The number of ether oxygens (including phenoxy) is 1. The van der Waals surface area contributed by atoms with E-state index in [4.69, 9.17) is 4.74 Å². The van der Waals surface area contributed by atoms with Crippen molar-refractivity contribution in [1.29, 1.82) is 0 Å². The van der Waals surface area contributed by atoms with Gasteiger partial charge in [0, 0.05) is 19.3 Å². The summed E-state index contributed by atoms with van der Waals surface area (Å²) >= 11 is 0. The van der Waals surface area contributed by atoms with Gasteiger partial charge in [0.15, 0.2) is 0 Å². The first kappa shape index (κ1) is 18.2. The van der Waals surface area contributed by atoms with Gasteiger partial charge in [-0.1, -0.05) is 0 Å². The summed E-state index contributed by atoms with van der Waals surface area (Å²) in [5.74, 6) is -0.673. The van der Waals surface area contributed by atoms with Crippen LogP contribution in [0.2, 0.25) is 0 Å². The van der Waals surface area contributed by atoms with Crippen molar-refractivity contribution >= 4 is 21.6 Å². The van der Waals surface area contributed by atoms with Crippen LogP contribution in [-0.4, -0.2) is 48.9 Å². The number of hydrogen-bond acceptors (Lipinski definition) is 6. The highest BCUT2D eigenvalue weighted by Crippen LogP contribution is 2.30. The van der Waals surface area contributed by atoms with Crippen LogP contribution in [0.15, 0.2) is 41.4 Å². The van der Waals surface area contributed by atoms with Crippen LogP contribution in [0.25, 0.3) is 0 Å². The topological polar surface area (TPSA) is 109 Å². The zero-order valence-electron chi connectivity index (χ0n) is 14.2. The van der Waals surface area contributed by atoms with E-state index in [-0.39, 0.29) is 27.8 Å². The molecule has 1 fully saturated rings. The molecule has 0 aliphatic carbocycles. The fourth-order valence-electron chi connectivity index (χ4n) is 2.77. The predicted molar refractivity (Wildman–Crippen MR) is 94.8 cm³/mol. The number of aromatic nitrogens is 1. The van der Waals surface area contributed by atoms with E-state index in [0.717, 1.165) is 12.8 Å². The van der Waals surface area contributed by atoms with E-state index in [1.807, 2.05) is 0 Å². The van der Waals surface area contributed by atoms with Gasteiger partial charge in [-0.25, -0.2) is 13.4 Å². The van der Waals surface area contributed by atoms with Gasteiger partial charge < -0.3 is 15.2 Å². The van der Waals surface area contributed by atoms with E-state index >= 15 is 0 Å². The Morgan fingerprint density at radius 3 is 2.69 bits per heavy atom. The average molecular weight is 377 g/mol. The number of sulfonamides is 1. The summed E-state index contributed by atoms with van der Waals surface area (Å²) in [6, 6.07) is 6.92. The summed E-state index contributed by atoms with van der Waals surface area (Å²) in [6.45, 7) is 0.940. The number of rotatable bonds is 5. The van der Waals surface area contributed by atoms with Crippen LogP contribution < -0.4 is 10.1 Å². The standard InChI is InChI=1S/C17H19N3O5S/c1-25-17-13(5-4-8-18-17)16(22)19-14-11-12(6-7-15(14)21)26(23,24)20-9-2-3-10-20/h4-8,11,21H,2-3,9-10H2,1H3,(H,19,22). The number of methoxy groups -OCH3 is 1. The largest absolute Gasteiger partial charge is 0.506 e. The van der Waals surface area contributed by atoms with Crippen molar-refractivity contribution in [2.24, 2.45) is 0 Å². The Labute approximate surface area is 151 Å². The fraction of sp³-hybridized carbons (Fsp3) is 0.294. The van der Waals surface area contributed by atoms with Crippen molar-refractivity contribution in [3.8, 4) is 11.6 Å². The highest BCUT2D eigenvalue weighted by atomic mass is 32.2. The molecule has 2 aromatic rings. The number of benzene rings is 1. The molecular formula is C17H19N3O5S. The van der Waals surface area contributed by atoms with Gasteiger partial charge in [-0.3, -0.25) is 4.79 Å². The molecule has 26 heavy (non-hydrogen) atoms. The average Bonchev–Trinajstić information content (AvgIpc) is 3.19. The summed E-state index contributed by atoms with van der Waals surface area (Å²) in [7, 11) is -2.27. The Kier molecular flexibility index (Phi) is 5.10. The highest BCUT2D eigenvalue weighted by molar-refractivity contribution is 7.89. The summed E-state index contributed by atoms with van der Waals surface area (Å²) in [4.78, 5) is 16.4. The Hall–Kier alpha value is -2.65. The summed E-state index contributed by atoms with van der Waals surface area (Å²) in [5.41, 5.74) is 0.170. The molecule has 0 saturated carbocycles. The number of pyridine rings is 1. The number of aromatic hydroxyl groups is 1.